The van der Waals surface area contributed by atoms with Crippen LogP contribution in [0, 0.1) is 11.8 Å². The molecular formula is C17H27ClN2O. The Hall–Kier alpha value is -1.22. The first-order valence-electron chi connectivity index (χ1n) is 7.65. The van der Waals surface area contributed by atoms with E-state index in [1.165, 1.54) is 5.56 Å². The van der Waals surface area contributed by atoms with Gasteiger partial charge in [-0.25, -0.2) is 4.79 Å². The van der Waals surface area contributed by atoms with Crippen LogP contribution < -0.4 is 5.32 Å². The number of nitrogens with one attached hydrogen (secondary N) is 1. The Kier molecular flexibility index (Phi) is 7.58. The highest BCUT2D eigenvalue weighted by atomic mass is 35.5. The second kappa shape index (κ2) is 8.93. The molecule has 0 bridgehead atoms. The molecule has 3 nitrogen and oxygen atoms in total. The molecule has 0 aliphatic carbocycles. The van der Waals surface area contributed by atoms with Crippen molar-refractivity contribution in [1.29, 1.82) is 0 Å². The van der Waals surface area contributed by atoms with Crippen LogP contribution in [0.2, 0.25) is 5.02 Å². The molecule has 0 aliphatic rings. The van der Waals surface area contributed by atoms with E-state index in [0.717, 1.165) is 24.5 Å². The molecule has 0 saturated carbocycles. The molecule has 0 aliphatic heterocycles. The molecular weight excluding hydrogens is 284 g/mol. The van der Waals surface area contributed by atoms with Gasteiger partial charge in [-0.1, -0.05) is 51.4 Å². The third kappa shape index (κ3) is 7.37. The first-order valence-corrected chi connectivity index (χ1v) is 8.03. The second-order valence-electron chi connectivity index (χ2n) is 6.30. The molecule has 0 heterocycles. The number of hydrogen-bond donors (Lipinski definition) is 1. The maximum atomic E-state index is 12.3. The summed E-state index contributed by atoms with van der Waals surface area (Å²) in [6, 6.07) is 7.78. The number of hydrogen-bond acceptors (Lipinski definition) is 1. The average molecular weight is 311 g/mol. The van der Waals surface area contributed by atoms with E-state index in [9.17, 15) is 4.79 Å². The molecule has 1 aromatic rings. The summed E-state index contributed by atoms with van der Waals surface area (Å²) in [6.07, 6.45) is 0.820. The molecule has 0 atom stereocenters. The molecule has 1 aromatic carbocycles. The number of carbonyl (C=O) groups is 1. The largest absolute Gasteiger partial charge is 0.338 e. The van der Waals surface area contributed by atoms with E-state index in [2.05, 4.69) is 33.0 Å². The summed E-state index contributed by atoms with van der Waals surface area (Å²) in [6.45, 7) is 10.8. The molecule has 0 radical (unpaired) electrons. The van der Waals surface area contributed by atoms with Crippen LogP contribution in [0.25, 0.3) is 0 Å². The minimum atomic E-state index is 0.0337. The summed E-state index contributed by atoms with van der Waals surface area (Å²) in [5.74, 6) is 0.955. The quantitative estimate of drug-likeness (QED) is 0.804. The summed E-state index contributed by atoms with van der Waals surface area (Å²) in [4.78, 5) is 14.2. The molecule has 0 spiro atoms. The molecule has 118 valence electrons. The number of nitrogens with zero attached hydrogens (tertiary/aromatic N) is 1. The monoisotopic (exact) mass is 310 g/mol. The Balaban J connectivity index is 2.43. The SMILES string of the molecule is CC(C)CN(CC(C)C)C(=O)NCCc1ccc(Cl)cc1. The van der Waals surface area contributed by atoms with Crippen molar-refractivity contribution in [3.8, 4) is 0 Å². The number of rotatable bonds is 7. The van der Waals surface area contributed by atoms with E-state index < -0.39 is 0 Å². The van der Waals surface area contributed by atoms with Gasteiger partial charge in [0.15, 0.2) is 0 Å². The van der Waals surface area contributed by atoms with Crippen LogP contribution in [0.1, 0.15) is 33.3 Å². The van der Waals surface area contributed by atoms with Gasteiger partial charge in [0.25, 0.3) is 0 Å². The van der Waals surface area contributed by atoms with Crippen molar-refractivity contribution in [2.75, 3.05) is 19.6 Å². The number of amides is 2. The van der Waals surface area contributed by atoms with E-state index in [1.807, 2.05) is 29.2 Å². The lowest BCUT2D eigenvalue weighted by Gasteiger charge is -2.26. The second-order valence-corrected chi connectivity index (χ2v) is 6.74. The Morgan fingerprint density at radius 3 is 2.10 bits per heavy atom. The molecule has 4 heteroatoms. The topological polar surface area (TPSA) is 32.3 Å². The highest BCUT2D eigenvalue weighted by molar-refractivity contribution is 6.30. The fourth-order valence-electron chi connectivity index (χ4n) is 2.20. The van der Waals surface area contributed by atoms with Crippen molar-refractivity contribution < 1.29 is 4.79 Å². The van der Waals surface area contributed by atoms with E-state index in [0.29, 0.717) is 18.4 Å². The Morgan fingerprint density at radius 1 is 1.10 bits per heavy atom. The van der Waals surface area contributed by atoms with Crippen LogP contribution in [0.3, 0.4) is 0 Å². The fourth-order valence-corrected chi connectivity index (χ4v) is 2.32. The highest BCUT2D eigenvalue weighted by Crippen LogP contribution is 2.09. The van der Waals surface area contributed by atoms with E-state index in [-0.39, 0.29) is 6.03 Å². The van der Waals surface area contributed by atoms with E-state index >= 15 is 0 Å². The van der Waals surface area contributed by atoms with Gasteiger partial charge < -0.3 is 10.2 Å². The van der Waals surface area contributed by atoms with Gasteiger partial charge in [-0.05, 0) is 36.0 Å². The molecule has 1 rings (SSSR count). The third-order valence-electron chi connectivity index (χ3n) is 3.06. The zero-order valence-electron chi connectivity index (χ0n) is 13.5. The minimum Gasteiger partial charge on any atom is -0.338 e. The van der Waals surface area contributed by atoms with Crippen LogP contribution in [-0.2, 0) is 6.42 Å². The molecule has 2 amide bonds. The maximum Gasteiger partial charge on any atom is 0.317 e. The van der Waals surface area contributed by atoms with Gasteiger partial charge >= 0.3 is 6.03 Å². The first kappa shape index (κ1) is 17.8. The zero-order valence-corrected chi connectivity index (χ0v) is 14.3. The lowest BCUT2D eigenvalue weighted by molar-refractivity contribution is 0.183. The van der Waals surface area contributed by atoms with Gasteiger partial charge in [0, 0.05) is 24.7 Å². The number of benzene rings is 1. The van der Waals surface area contributed by atoms with Gasteiger partial charge in [0.1, 0.15) is 0 Å². The predicted octanol–water partition coefficient (Wildman–Crippen LogP) is 4.21. The van der Waals surface area contributed by atoms with E-state index in [4.69, 9.17) is 11.6 Å². The Bertz CT molecular complexity index is 419. The average Bonchev–Trinajstić information content (AvgIpc) is 2.39. The van der Waals surface area contributed by atoms with Crippen molar-refractivity contribution >= 4 is 17.6 Å². The summed E-state index contributed by atoms with van der Waals surface area (Å²) in [7, 11) is 0. The molecule has 1 N–H and O–H groups in total. The van der Waals surface area contributed by atoms with Crippen molar-refractivity contribution in [1.82, 2.24) is 10.2 Å². The third-order valence-corrected chi connectivity index (χ3v) is 3.31. The van der Waals surface area contributed by atoms with E-state index in [1.54, 1.807) is 0 Å². The lowest BCUT2D eigenvalue weighted by atomic mass is 10.1. The van der Waals surface area contributed by atoms with Crippen LogP contribution in [-0.4, -0.2) is 30.6 Å². The Morgan fingerprint density at radius 2 is 1.62 bits per heavy atom. The van der Waals surface area contributed by atoms with Crippen molar-refractivity contribution in [2.45, 2.75) is 34.1 Å². The molecule has 21 heavy (non-hydrogen) atoms. The van der Waals surface area contributed by atoms with Gasteiger partial charge in [-0.15, -0.1) is 0 Å². The van der Waals surface area contributed by atoms with Gasteiger partial charge in [-0.2, -0.15) is 0 Å². The van der Waals surface area contributed by atoms with Crippen LogP contribution in [0.4, 0.5) is 4.79 Å². The summed E-state index contributed by atoms with van der Waals surface area (Å²) >= 11 is 5.86. The van der Waals surface area contributed by atoms with Gasteiger partial charge in [0.2, 0.25) is 0 Å². The number of halogens is 1. The van der Waals surface area contributed by atoms with Crippen LogP contribution in [0.5, 0.6) is 0 Å². The van der Waals surface area contributed by atoms with Gasteiger partial charge in [0.05, 0.1) is 0 Å². The minimum absolute atomic E-state index is 0.0337. The summed E-state index contributed by atoms with van der Waals surface area (Å²) in [5, 5.41) is 3.75. The van der Waals surface area contributed by atoms with Crippen LogP contribution >= 0.6 is 11.6 Å². The Labute approximate surface area is 133 Å². The summed E-state index contributed by atoms with van der Waals surface area (Å²) in [5.41, 5.74) is 1.18. The fraction of sp³-hybridized carbons (Fsp3) is 0.588. The molecule has 0 aromatic heterocycles. The smallest absolute Gasteiger partial charge is 0.317 e. The standard InChI is InChI=1S/C17H27ClN2O/c1-13(2)11-20(12-14(3)4)17(21)19-10-9-15-5-7-16(18)8-6-15/h5-8,13-14H,9-12H2,1-4H3,(H,19,21). The predicted molar refractivity (Wildman–Crippen MR) is 89.8 cm³/mol. The molecule has 0 fully saturated rings. The number of urea groups is 1. The van der Waals surface area contributed by atoms with Gasteiger partial charge in [-0.3, -0.25) is 0 Å². The number of carbonyl (C=O) groups excluding carboxylic acids is 1. The van der Waals surface area contributed by atoms with Crippen molar-refractivity contribution in [2.24, 2.45) is 11.8 Å². The van der Waals surface area contributed by atoms with Crippen LogP contribution in [0.15, 0.2) is 24.3 Å². The van der Waals surface area contributed by atoms with Crippen molar-refractivity contribution in [3.63, 3.8) is 0 Å². The van der Waals surface area contributed by atoms with Crippen molar-refractivity contribution in [3.05, 3.63) is 34.9 Å². The summed E-state index contributed by atoms with van der Waals surface area (Å²) < 4.78 is 0. The molecule has 0 saturated heterocycles. The zero-order chi connectivity index (χ0) is 15.8. The first-order chi connectivity index (χ1) is 9.88. The normalized spacial score (nSPS) is 11.0. The molecule has 0 unspecified atom stereocenters. The lowest BCUT2D eigenvalue weighted by Crippen LogP contribution is -2.44. The maximum absolute atomic E-state index is 12.3. The highest BCUT2D eigenvalue weighted by Gasteiger charge is 2.15.